The lowest BCUT2D eigenvalue weighted by atomic mass is 9.84. The van der Waals surface area contributed by atoms with Gasteiger partial charge in [0.15, 0.2) is 5.82 Å². The molecule has 2 heterocycles. The molecule has 0 amide bonds. The van der Waals surface area contributed by atoms with Gasteiger partial charge in [-0.3, -0.25) is 5.10 Å². The minimum atomic E-state index is -0.339. The standard InChI is InChI=1S/C14H15N5O/c1-14(2,9-6-4-3-5-7-9)13-16-12(20-19-13)10-8-11(15)18-17-10/h3-8H,1-2H3,(H3,15,17,18). The Morgan fingerprint density at radius 2 is 1.95 bits per heavy atom. The van der Waals surface area contributed by atoms with E-state index in [0.717, 1.165) is 5.56 Å². The van der Waals surface area contributed by atoms with Crippen molar-refractivity contribution in [2.45, 2.75) is 19.3 Å². The summed E-state index contributed by atoms with van der Waals surface area (Å²) in [6.07, 6.45) is 0. The third kappa shape index (κ3) is 2.05. The van der Waals surface area contributed by atoms with Crippen molar-refractivity contribution in [1.29, 1.82) is 0 Å². The van der Waals surface area contributed by atoms with Gasteiger partial charge in [-0.25, -0.2) is 0 Å². The van der Waals surface area contributed by atoms with Crippen LogP contribution in [-0.2, 0) is 5.41 Å². The lowest BCUT2D eigenvalue weighted by Crippen LogP contribution is -2.20. The SMILES string of the molecule is CC(C)(c1ccccc1)c1noc(-c2cc(N)n[nH]2)n1. The van der Waals surface area contributed by atoms with Crippen molar-refractivity contribution in [1.82, 2.24) is 20.3 Å². The molecule has 3 N–H and O–H groups in total. The molecule has 0 saturated heterocycles. The van der Waals surface area contributed by atoms with Gasteiger partial charge >= 0.3 is 0 Å². The van der Waals surface area contributed by atoms with Crippen LogP contribution in [-0.4, -0.2) is 20.3 Å². The third-order valence-electron chi connectivity index (χ3n) is 3.31. The van der Waals surface area contributed by atoms with Gasteiger partial charge in [-0.1, -0.05) is 35.5 Å². The van der Waals surface area contributed by atoms with Gasteiger partial charge in [-0.05, 0) is 19.4 Å². The molecule has 3 aromatic rings. The van der Waals surface area contributed by atoms with Crippen molar-refractivity contribution in [3.63, 3.8) is 0 Å². The minimum Gasteiger partial charge on any atom is -0.382 e. The van der Waals surface area contributed by atoms with Crippen LogP contribution in [0, 0.1) is 0 Å². The van der Waals surface area contributed by atoms with E-state index in [2.05, 4.69) is 34.2 Å². The number of aromatic nitrogens is 4. The van der Waals surface area contributed by atoms with E-state index in [1.165, 1.54) is 0 Å². The minimum absolute atomic E-state index is 0.339. The lowest BCUT2D eigenvalue weighted by Gasteiger charge is -2.20. The molecule has 0 aliphatic heterocycles. The number of H-pyrrole nitrogens is 1. The summed E-state index contributed by atoms with van der Waals surface area (Å²) in [6.45, 7) is 4.11. The van der Waals surface area contributed by atoms with Crippen molar-refractivity contribution in [2.75, 3.05) is 5.73 Å². The molecule has 0 radical (unpaired) electrons. The van der Waals surface area contributed by atoms with Gasteiger partial charge in [0, 0.05) is 6.07 Å². The molecule has 0 spiro atoms. The zero-order valence-electron chi connectivity index (χ0n) is 11.3. The fraction of sp³-hybridized carbons (Fsp3) is 0.214. The van der Waals surface area contributed by atoms with Crippen LogP contribution in [0.5, 0.6) is 0 Å². The van der Waals surface area contributed by atoms with E-state index in [9.17, 15) is 0 Å². The number of hydrogen-bond acceptors (Lipinski definition) is 5. The van der Waals surface area contributed by atoms with Gasteiger partial charge < -0.3 is 10.3 Å². The Morgan fingerprint density at radius 3 is 2.60 bits per heavy atom. The maximum Gasteiger partial charge on any atom is 0.276 e. The summed E-state index contributed by atoms with van der Waals surface area (Å²) in [6, 6.07) is 11.7. The largest absolute Gasteiger partial charge is 0.382 e. The maximum absolute atomic E-state index is 5.57. The molecular formula is C14H15N5O. The summed E-state index contributed by atoms with van der Waals surface area (Å²) in [7, 11) is 0. The number of aromatic amines is 1. The summed E-state index contributed by atoms with van der Waals surface area (Å²) in [5.74, 6) is 1.39. The first-order valence-electron chi connectivity index (χ1n) is 6.28. The maximum atomic E-state index is 5.57. The lowest BCUT2D eigenvalue weighted by molar-refractivity contribution is 0.407. The van der Waals surface area contributed by atoms with Crippen LogP contribution in [0.3, 0.4) is 0 Å². The topological polar surface area (TPSA) is 93.6 Å². The number of benzene rings is 1. The highest BCUT2D eigenvalue weighted by Crippen LogP contribution is 2.30. The van der Waals surface area contributed by atoms with E-state index in [1.54, 1.807) is 6.07 Å². The van der Waals surface area contributed by atoms with E-state index in [4.69, 9.17) is 10.3 Å². The second kappa shape index (κ2) is 4.48. The van der Waals surface area contributed by atoms with Crippen LogP contribution in [0.2, 0.25) is 0 Å². The van der Waals surface area contributed by atoms with Crippen molar-refractivity contribution in [3.8, 4) is 11.6 Å². The third-order valence-corrected chi connectivity index (χ3v) is 3.31. The molecule has 0 bridgehead atoms. The number of hydrogen-bond donors (Lipinski definition) is 2. The predicted molar refractivity (Wildman–Crippen MR) is 74.9 cm³/mol. The number of nitrogens with two attached hydrogens (primary N) is 1. The predicted octanol–water partition coefficient (Wildman–Crippen LogP) is 2.37. The molecule has 0 fully saturated rings. The van der Waals surface area contributed by atoms with Crippen molar-refractivity contribution < 1.29 is 4.52 Å². The molecule has 3 rings (SSSR count). The van der Waals surface area contributed by atoms with Gasteiger partial charge in [0.25, 0.3) is 5.89 Å². The zero-order valence-corrected chi connectivity index (χ0v) is 11.3. The van der Waals surface area contributed by atoms with Crippen molar-refractivity contribution in [2.24, 2.45) is 0 Å². The Balaban J connectivity index is 1.97. The molecule has 20 heavy (non-hydrogen) atoms. The molecule has 1 aromatic carbocycles. The fourth-order valence-electron chi connectivity index (χ4n) is 2.02. The van der Waals surface area contributed by atoms with Crippen LogP contribution in [0.25, 0.3) is 11.6 Å². The zero-order chi connectivity index (χ0) is 14.2. The van der Waals surface area contributed by atoms with Gasteiger partial charge in [0.05, 0.1) is 5.41 Å². The molecule has 0 unspecified atom stereocenters. The van der Waals surface area contributed by atoms with Gasteiger partial charge in [-0.15, -0.1) is 0 Å². The average Bonchev–Trinajstić information content (AvgIpc) is 3.08. The van der Waals surface area contributed by atoms with E-state index in [-0.39, 0.29) is 5.41 Å². The summed E-state index contributed by atoms with van der Waals surface area (Å²) in [5.41, 5.74) is 6.97. The normalized spacial score (nSPS) is 11.7. The van der Waals surface area contributed by atoms with E-state index < -0.39 is 0 Å². The van der Waals surface area contributed by atoms with Gasteiger partial charge in [-0.2, -0.15) is 10.1 Å². The molecular weight excluding hydrogens is 254 g/mol. The van der Waals surface area contributed by atoms with Crippen LogP contribution in [0.4, 0.5) is 5.82 Å². The van der Waals surface area contributed by atoms with E-state index >= 15 is 0 Å². The van der Waals surface area contributed by atoms with Gasteiger partial charge in [0.1, 0.15) is 11.5 Å². The van der Waals surface area contributed by atoms with Crippen LogP contribution >= 0.6 is 0 Å². The Labute approximate surface area is 116 Å². The van der Waals surface area contributed by atoms with Crippen LogP contribution in [0.15, 0.2) is 40.9 Å². The molecule has 0 aliphatic carbocycles. The van der Waals surface area contributed by atoms with E-state index in [1.807, 2.05) is 30.3 Å². The molecule has 0 saturated carbocycles. The van der Waals surface area contributed by atoms with Crippen molar-refractivity contribution in [3.05, 3.63) is 47.8 Å². The first-order valence-corrected chi connectivity index (χ1v) is 6.28. The average molecular weight is 269 g/mol. The number of nitrogens with one attached hydrogen (secondary N) is 1. The first-order chi connectivity index (χ1) is 9.57. The smallest absolute Gasteiger partial charge is 0.276 e. The Bertz CT molecular complexity index is 714. The Kier molecular flexibility index (Phi) is 2.78. The van der Waals surface area contributed by atoms with Crippen LogP contribution in [0.1, 0.15) is 25.2 Å². The summed E-state index contributed by atoms with van der Waals surface area (Å²) in [5, 5.41) is 10.7. The van der Waals surface area contributed by atoms with Crippen LogP contribution < -0.4 is 5.73 Å². The van der Waals surface area contributed by atoms with Gasteiger partial charge in [0.2, 0.25) is 0 Å². The first kappa shape index (κ1) is 12.4. The number of anilines is 1. The highest BCUT2D eigenvalue weighted by Gasteiger charge is 2.29. The Hall–Kier alpha value is -2.63. The second-order valence-corrected chi connectivity index (χ2v) is 5.12. The molecule has 6 nitrogen and oxygen atoms in total. The summed E-state index contributed by atoms with van der Waals surface area (Å²) >= 11 is 0. The molecule has 0 atom stereocenters. The number of rotatable bonds is 3. The number of nitrogen functional groups attached to an aromatic ring is 1. The van der Waals surface area contributed by atoms with E-state index in [0.29, 0.717) is 23.2 Å². The van der Waals surface area contributed by atoms with Crippen molar-refractivity contribution >= 4 is 5.82 Å². The second-order valence-electron chi connectivity index (χ2n) is 5.12. The summed E-state index contributed by atoms with van der Waals surface area (Å²) < 4.78 is 5.28. The highest BCUT2D eigenvalue weighted by atomic mass is 16.5. The molecule has 2 aromatic heterocycles. The molecule has 6 heteroatoms. The monoisotopic (exact) mass is 269 g/mol. The Morgan fingerprint density at radius 1 is 1.20 bits per heavy atom. The number of nitrogens with zero attached hydrogens (tertiary/aromatic N) is 3. The molecule has 0 aliphatic rings. The fourth-order valence-corrected chi connectivity index (χ4v) is 2.02. The summed E-state index contributed by atoms with van der Waals surface area (Å²) in [4.78, 5) is 4.44. The highest BCUT2D eigenvalue weighted by molar-refractivity contribution is 5.52. The quantitative estimate of drug-likeness (QED) is 0.761. The molecule has 102 valence electrons.